The van der Waals surface area contributed by atoms with Crippen LogP contribution in [0, 0.1) is 5.95 Å². The van der Waals surface area contributed by atoms with Crippen molar-refractivity contribution < 1.29 is 9.13 Å². The zero-order chi connectivity index (χ0) is 16.6. The first-order valence-corrected chi connectivity index (χ1v) is 7.38. The quantitative estimate of drug-likeness (QED) is 0.693. The third kappa shape index (κ3) is 2.38. The summed E-state index contributed by atoms with van der Waals surface area (Å²) in [5.41, 5.74) is 0.380. The molecule has 3 rings (SSSR count). The molecule has 23 heavy (non-hydrogen) atoms. The van der Waals surface area contributed by atoms with Crippen LogP contribution in [0.5, 0.6) is 5.88 Å². The number of nitrogens with zero attached hydrogens (tertiary/aromatic N) is 2. The van der Waals surface area contributed by atoms with Crippen LogP contribution >= 0.6 is 0 Å². The molecule has 0 saturated carbocycles. The second kappa shape index (κ2) is 5.83. The molecule has 0 unspecified atom stereocenters. The number of aromatic nitrogens is 2. The fourth-order valence-corrected chi connectivity index (χ4v) is 2.82. The summed E-state index contributed by atoms with van der Waals surface area (Å²) in [6, 6.07) is 10.3. The molecule has 1 aromatic carbocycles. The number of pyridine rings is 2. The number of halogens is 1. The lowest BCUT2D eigenvalue weighted by atomic mass is 9.98. The van der Waals surface area contributed by atoms with E-state index in [2.05, 4.69) is 4.98 Å². The van der Waals surface area contributed by atoms with Gasteiger partial charge in [0.15, 0.2) is 0 Å². The number of methoxy groups -OCH3 is 1. The Morgan fingerprint density at radius 1 is 1.13 bits per heavy atom. The molecule has 4 nitrogen and oxygen atoms in total. The number of ether oxygens (including phenoxy) is 1. The molecule has 0 amide bonds. The van der Waals surface area contributed by atoms with Crippen LogP contribution in [0.4, 0.5) is 4.39 Å². The average molecular weight is 312 g/mol. The van der Waals surface area contributed by atoms with Gasteiger partial charge in [-0.3, -0.25) is 4.79 Å². The number of hydrogen-bond donors (Lipinski definition) is 0. The number of benzene rings is 1. The average Bonchev–Trinajstić information content (AvgIpc) is 2.55. The van der Waals surface area contributed by atoms with Gasteiger partial charge in [-0.05, 0) is 29.5 Å². The Hall–Kier alpha value is -2.69. The molecule has 0 saturated heterocycles. The van der Waals surface area contributed by atoms with E-state index in [-0.39, 0.29) is 11.8 Å². The second-order valence-electron chi connectivity index (χ2n) is 5.58. The van der Waals surface area contributed by atoms with Crippen LogP contribution in [0.25, 0.3) is 16.5 Å². The summed E-state index contributed by atoms with van der Waals surface area (Å²) in [6.45, 7) is 3.81. The Kier molecular flexibility index (Phi) is 3.86. The van der Waals surface area contributed by atoms with E-state index in [4.69, 9.17) is 4.74 Å². The van der Waals surface area contributed by atoms with Gasteiger partial charge in [-0.2, -0.15) is 4.39 Å². The summed E-state index contributed by atoms with van der Waals surface area (Å²) in [6.07, 6.45) is 1.54. The van der Waals surface area contributed by atoms with Crippen LogP contribution in [-0.2, 0) is 0 Å². The molecule has 0 aliphatic carbocycles. The van der Waals surface area contributed by atoms with Crippen molar-refractivity contribution in [2.45, 2.75) is 19.8 Å². The van der Waals surface area contributed by atoms with Crippen LogP contribution in [0.15, 0.2) is 47.4 Å². The molecular formula is C18H17FN2O2. The topological polar surface area (TPSA) is 44.1 Å². The minimum atomic E-state index is -0.574. The van der Waals surface area contributed by atoms with Gasteiger partial charge >= 0.3 is 0 Å². The van der Waals surface area contributed by atoms with E-state index >= 15 is 4.39 Å². The Bertz CT molecular complexity index is 932. The van der Waals surface area contributed by atoms with Gasteiger partial charge in [0.05, 0.1) is 7.11 Å². The van der Waals surface area contributed by atoms with Crippen molar-refractivity contribution in [3.8, 4) is 11.6 Å². The number of hydrogen-bond acceptors (Lipinski definition) is 3. The van der Waals surface area contributed by atoms with Gasteiger partial charge in [0.25, 0.3) is 5.56 Å². The third-order valence-corrected chi connectivity index (χ3v) is 3.83. The van der Waals surface area contributed by atoms with Gasteiger partial charge in [0.1, 0.15) is 5.69 Å². The summed E-state index contributed by atoms with van der Waals surface area (Å²) in [5, 5.41) is 1.12. The molecule has 0 aliphatic rings. The Morgan fingerprint density at radius 2 is 1.83 bits per heavy atom. The highest BCUT2D eigenvalue weighted by Crippen LogP contribution is 2.29. The van der Waals surface area contributed by atoms with Crippen molar-refractivity contribution in [3.63, 3.8) is 0 Å². The molecule has 0 spiro atoms. The molecule has 2 heterocycles. The molecule has 0 N–H and O–H groups in total. The van der Waals surface area contributed by atoms with Crippen molar-refractivity contribution in [1.82, 2.24) is 9.55 Å². The van der Waals surface area contributed by atoms with Crippen LogP contribution in [0.2, 0.25) is 0 Å². The van der Waals surface area contributed by atoms with E-state index < -0.39 is 11.5 Å². The van der Waals surface area contributed by atoms with Gasteiger partial charge in [-0.25, -0.2) is 9.55 Å². The summed E-state index contributed by atoms with van der Waals surface area (Å²) in [7, 11) is 1.44. The van der Waals surface area contributed by atoms with Gasteiger partial charge in [0.2, 0.25) is 11.8 Å². The van der Waals surface area contributed by atoms with Gasteiger partial charge in [-0.1, -0.05) is 32.0 Å². The highest BCUT2D eigenvalue weighted by molar-refractivity contribution is 5.85. The molecule has 3 aromatic rings. The van der Waals surface area contributed by atoms with Gasteiger partial charge < -0.3 is 4.74 Å². The highest BCUT2D eigenvalue weighted by atomic mass is 19.1. The number of fused-ring (bicyclic) bond motifs is 1. The van der Waals surface area contributed by atoms with Gasteiger partial charge in [-0.15, -0.1) is 0 Å². The first-order chi connectivity index (χ1) is 11.1. The number of rotatable bonds is 3. The minimum absolute atomic E-state index is 0.0746. The fourth-order valence-electron chi connectivity index (χ4n) is 2.82. The van der Waals surface area contributed by atoms with Crippen LogP contribution in [0.1, 0.15) is 25.3 Å². The summed E-state index contributed by atoms with van der Waals surface area (Å²) < 4.78 is 21.4. The summed E-state index contributed by atoms with van der Waals surface area (Å²) >= 11 is 0. The van der Waals surface area contributed by atoms with E-state index in [9.17, 15) is 4.79 Å². The first kappa shape index (κ1) is 15.2. The maximum atomic E-state index is 15.2. The SMILES string of the molecule is COc1ncccc1-n1c(F)c(C(C)C)c2ccccc2c1=O. The van der Waals surface area contributed by atoms with Crippen LogP contribution in [-0.4, -0.2) is 16.7 Å². The molecular weight excluding hydrogens is 295 g/mol. The maximum absolute atomic E-state index is 15.2. The lowest BCUT2D eigenvalue weighted by Gasteiger charge is -2.17. The van der Waals surface area contributed by atoms with E-state index in [0.717, 1.165) is 4.57 Å². The Morgan fingerprint density at radius 3 is 2.48 bits per heavy atom. The maximum Gasteiger partial charge on any atom is 0.265 e. The molecule has 0 fully saturated rings. The van der Waals surface area contributed by atoms with E-state index in [0.29, 0.717) is 22.0 Å². The smallest absolute Gasteiger partial charge is 0.265 e. The molecule has 0 bridgehead atoms. The van der Waals surface area contributed by atoms with Crippen molar-refractivity contribution in [1.29, 1.82) is 0 Å². The lowest BCUT2D eigenvalue weighted by molar-refractivity contribution is 0.392. The predicted molar refractivity (Wildman–Crippen MR) is 87.9 cm³/mol. The standard InChI is InChI=1S/C18H17FN2O2/c1-11(2)15-12-7-4-5-8-13(12)18(22)21(16(15)19)14-9-6-10-20-17(14)23-3/h4-11H,1-3H3. The molecule has 118 valence electrons. The molecule has 5 heteroatoms. The zero-order valence-corrected chi connectivity index (χ0v) is 13.2. The lowest BCUT2D eigenvalue weighted by Crippen LogP contribution is -2.24. The van der Waals surface area contributed by atoms with E-state index in [1.807, 2.05) is 19.9 Å². The summed E-state index contributed by atoms with van der Waals surface area (Å²) in [5.74, 6) is -0.442. The highest BCUT2D eigenvalue weighted by Gasteiger charge is 2.21. The predicted octanol–water partition coefficient (Wildman–Crippen LogP) is 3.66. The summed E-state index contributed by atoms with van der Waals surface area (Å²) in [4.78, 5) is 16.9. The monoisotopic (exact) mass is 312 g/mol. The Balaban J connectivity index is 2.49. The van der Waals surface area contributed by atoms with Gasteiger partial charge in [0, 0.05) is 17.1 Å². The molecule has 2 aromatic heterocycles. The fraction of sp³-hybridized carbons (Fsp3) is 0.222. The van der Waals surface area contributed by atoms with Crippen molar-refractivity contribution in [3.05, 3.63) is 64.5 Å². The van der Waals surface area contributed by atoms with Crippen LogP contribution in [0.3, 0.4) is 0 Å². The van der Waals surface area contributed by atoms with Crippen molar-refractivity contribution >= 4 is 10.8 Å². The first-order valence-electron chi connectivity index (χ1n) is 7.38. The minimum Gasteiger partial charge on any atom is -0.479 e. The van der Waals surface area contributed by atoms with Crippen molar-refractivity contribution in [2.75, 3.05) is 7.11 Å². The Labute approximate surface area is 133 Å². The van der Waals surface area contributed by atoms with Crippen molar-refractivity contribution in [2.24, 2.45) is 0 Å². The molecule has 0 atom stereocenters. The molecule has 0 aliphatic heterocycles. The third-order valence-electron chi connectivity index (χ3n) is 3.83. The van der Waals surface area contributed by atoms with E-state index in [1.165, 1.54) is 13.3 Å². The normalized spacial score (nSPS) is 11.2. The van der Waals surface area contributed by atoms with E-state index in [1.54, 1.807) is 30.3 Å². The zero-order valence-electron chi connectivity index (χ0n) is 13.2. The van der Waals surface area contributed by atoms with Crippen LogP contribution < -0.4 is 10.3 Å². The molecule has 0 radical (unpaired) electrons. The second-order valence-corrected chi connectivity index (χ2v) is 5.58. The largest absolute Gasteiger partial charge is 0.479 e.